The number of methoxy groups -OCH3 is 2. The van der Waals surface area contributed by atoms with Gasteiger partial charge < -0.3 is 24.6 Å². The van der Waals surface area contributed by atoms with Crippen LogP contribution in [-0.2, 0) is 16.0 Å². The number of benzene rings is 1. The standard InChI is InChI=1S/C26H34N6O2/c1-30(2)25-18-24(27-22-12-10-21(33-3)11-13-23(22)34-4)28-26(29-25)32-16-14-31(15-17-32)19-20-8-6-5-7-9-20/h5-9,11-13,18H,10,14-17,19H2,1-4H3,(H,27,28,29). The molecule has 1 aromatic carbocycles. The summed E-state index contributed by atoms with van der Waals surface area (Å²) >= 11 is 0. The molecule has 1 N–H and O–H groups in total. The van der Waals surface area contributed by atoms with Gasteiger partial charge in [0.05, 0.1) is 25.7 Å². The maximum Gasteiger partial charge on any atom is 0.229 e. The van der Waals surface area contributed by atoms with Crippen LogP contribution in [0.15, 0.2) is 71.8 Å². The van der Waals surface area contributed by atoms with Crippen LogP contribution in [0.25, 0.3) is 0 Å². The molecule has 1 aliphatic heterocycles. The average molecular weight is 463 g/mol. The van der Waals surface area contributed by atoms with Crippen LogP contribution in [0.4, 0.5) is 17.6 Å². The summed E-state index contributed by atoms with van der Waals surface area (Å²) in [7, 11) is 7.33. The fourth-order valence-electron chi connectivity index (χ4n) is 4.01. The molecule has 2 aliphatic rings. The number of piperazine rings is 1. The summed E-state index contributed by atoms with van der Waals surface area (Å²) in [5, 5.41) is 3.45. The zero-order valence-electron chi connectivity index (χ0n) is 20.5. The van der Waals surface area contributed by atoms with Gasteiger partial charge in [-0.25, -0.2) is 0 Å². The van der Waals surface area contributed by atoms with Crippen molar-refractivity contribution >= 4 is 17.6 Å². The Morgan fingerprint density at radius 3 is 2.41 bits per heavy atom. The quantitative estimate of drug-likeness (QED) is 0.638. The van der Waals surface area contributed by atoms with E-state index in [4.69, 9.17) is 19.4 Å². The Hall–Kier alpha value is -3.52. The predicted molar refractivity (Wildman–Crippen MR) is 137 cm³/mol. The first-order valence-electron chi connectivity index (χ1n) is 11.6. The van der Waals surface area contributed by atoms with E-state index in [2.05, 4.69) is 51.5 Å². The Kier molecular flexibility index (Phi) is 7.69. The van der Waals surface area contributed by atoms with Crippen molar-refractivity contribution in [3.8, 4) is 0 Å². The molecule has 1 fully saturated rings. The molecule has 0 bridgehead atoms. The van der Waals surface area contributed by atoms with Crippen molar-refractivity contribution in [2.75, 3.05) is 69.6 Å². The van der Waals surface area contributed by atoms with E-state index in [9.17, 15) is 0 Å². The first-order chi connectivity index (χ1) is 16.6. The molecular formula is C26H34N6O2. The summed E-state index contributed by atoms with van der Waals surface area (Å²) in [6.45, 7) is 4.69. The molecule has 180 valence electrons. The number of nitrogens with one attached hydrogen (secondary N) is 1. The molecule has 0 spiro atoms. The van der Waals surface area contributed by atoms with Crippen LogP contribution in [-0.4, -0.2) is 69.4 Å². The number of hydrogen-bond acceptors (Lipinski definition) is 8. The van der Waals surface area contributed by atoms with Gasteiger partial charge >= 0.3 is 0 Å². The fourth-order valence-corrected chi connectivity index (χ4v) is 4.01. The van der Waals surface area contributed by atoms with Gasteiger partial charge in [0.25, 0.3) is 0 Å². The minimum Gasteiger partial charge on any atom is -0.501 e. The largest absolute Gasteiger partial charge is 0.501 e. The molecule has 1 saturated heterocycles. The molecule has 34 heavy (non-hydrogen) atoms. The molecule has 2 aromatic rings. The lowest BCUT2D eigenvalue weighted by molar-refractivity contribution is 0.249. The van der Waals surface area contributed by atoms with E-state index in [1.165, 1.54) is 5.56 Å². The van der Waals surface area contributed by atoms with E-state index in [1.54, 1.807) is 14.2 Å². The average Bonchev–Trinajstić information content (AvgIpc) is 3.06. The predicted octanol–water partition coefficient (Wildman–Crippen LogP) is 3.62. The van der Waals surface area contributed by atoms with Crippen LogP contribution >= 0.6 is 0 Å². The molecule has 1 aromatic heterocycles. The third-order valence-electron chi connectivity index (χ3n) is 6.00. The number of hydrogen-bond donors (Lipinski definition) is 1. The maximum absolute atomic E-state index is 5.59. The second-order valence-corrected chi connectivity index (χ2v) is 8.57. The van der Waals surface area contributed by atoms with Crippen molar-refractivity contribution in [1.82, 2.24) is 14.9 Å². The van der Waals surface area contributed by atoms with Gasteiger partial charge in [0.2, 0.25) is 5.95 Å². The molecule has 0 atom stereocenters. The van der Waals surface area contributed by atoms with Crippen LogP contribution in [0, 0.1) is 0 Å². The van der Waals surface area contributed by atoms with Crippen LogP contribution in [0.2, 0.25) is 0 Å². The molecular weight excluding hydrogens is 428 g/mol. The number of anilines is 3. The zero-order valence-corrected chi connectivity index (χ0v) is 20.5. The van der Waals surface area contributed by atoms with Crippen LogP contribution in [0.1, 0.15) is 12.0 Å². The Morgan fingerprint density at radius 2 is 1.74 bits per heavy atom. The van der Waals surface area contributed by atoms with E-state index >= 15 is 0 Å². The number of rotatable bonds is 8. The van der Waals surface area contributed by atoms with Gasteiger partial charge in [0.15, 0.2) is 0 Å². The van der Waals surface area contributed by atoms with Gasteiger partial charge in [-0.3, -0.25) is 4.90 Å². The van der Waals surface area contributed by atoms with Crippen molar-refractivity contribution in [3.05, 3.63) is 77.4 Å². The van der Waals surface area contributed by atoms with Gasteiger partial charge in [-0.1, -0.05) is 30.3 Å². The number of aromatic nitrogens is 2. The summed E-state index contributed by atoms with van der Waals surface area (Å²) in [4.78, 5) is 16.4. The molecule has 8 nitrogen and oxygen atoms in total. The second-order valence-electron chi connectivity index (χ2n) is 8.57. The van der Waals surface area contributed by atoms with Crippen molar-refractivity contribution in [1.29, 1.82) is 0 Å². The van der Waals surface area contributed by atoms with Gasteiger partial charge in [0, 0.05) is 59.3 Å². The van der Waals surface area contributed by atoms with Crippen molar-refractivity contribution < 1.29 is 9.47 Å². The third kappa shape index (κ3) is 5.88. The minimum atomic E-state index is 0.671. The summed E-state index contributed by atoms with van der Waals surface area (Å²) in [6, 6.07) is 12.6. The normalized spacial score (nSPS) is 16.7. The van der Waals surface area contributed by atoms with Gasteiger partial charge in [-0.2, -0.15) is 9.97 Å². The maximum atomic E-state index is 5.59. The van der Waals surface area contributed by atoms with E-state index in [0.717, 1.165) is 67.5 Å². The zero-order chi connectivity index (χ0) is 23.9. The summed E-state index contributed by atoms with van der Waals surface area (Å²) in [6.07, 6.45) is 6.56. The van der Waals surface area contributed by atoms with E-state index in [0.29, 0.717) is 6.42 Å². The van der Waals surface area contributed by atoms with Gasteiger partial charge in [-0.05, 0) is 23.8 Å². The van der Waals surface area contributed by atoms with E-state index in [1.807, 2.05) is 37.2 Å². The summed E-state index contributed by atoms with van der Waals surface area (Å²) in [5.74, 6) is 3.92. The Labute approximate surface area is 202 Å². The van der Waals surface area contributed by atoms with Gasteiger partial charge in [0.1, 0.15) is 17.4 Å². The highest BCUT2D eigenvalue weighted by atomic mass is 16.5. The molecule has 2 heterocycles. The number of nitrogens with zero attached hydrogens (tertiary/aromatic N) is 5. The Morgan fingerprint density at radius 1 is 0.971 bits per heavy atom. The van der Waals surface area contributed by atoms with Crippen molar-refractivity contribution in [3.63, 3.8) is 0 Å². The molecule has 0 radical (unpaired) electrons. The molecule has 4 rings (SSSR count). The first-order valence-corrected chi connectivity index (χ1v) is 11.6. The second kappa shape index (κ2) is 11.1. The first kappa shape index (κ1) is 23.6. The van der Waals surface area contributed by atoms with Crippen molar-refractivity contribution in [2.45, 2.75) is 13.0 Å². The molecule has 8 heteroatoms. The Balaban J connectivity index is 1.49. The minimum absolute atomic E-state index is 0.671. The summed E-state index contributed by atoms with van der Waals surface area (Å²) < 4.78 is 11.0. The highest BCUT2D eigenvalue weighted by Gasteiger charge is 2.21. The van der Waals surface area contributed by atoms with Crippen LogP contribution in [0.3, 0.4) is 0 Å². The highest BCUT2D eigenvalue weighted by molar-refractivity contribution is 5.58. The molecule has 1 aliphatic carbocycles. The summed E-state index contributed by atoms with van der Waals surface area (Å²) in [5.41, 5.74) is 2.20. The Bertz CT molecular complexity index is 1060. The lowest BCUT2D eigenvalue weighted by atomic mass is 10.2. The van der Waals surface area contributed by atoms with Crippen molar-refractivity contribution in [2.24, 2.45) is 0 Å². The lowest BCUT2D eigenvalue weighted by Crippen LogP contribution is -2.46. The fraction of sp³-hybridized carbons (Fsp3) is 0.385. The van der Waals surface area contributed by atoms with E-state index < -0.39 is 0 Å². The molecule has 0 unspecified atom stereocenters. The molecule has 0 amide bonds. The number of allylic oxidation sites excluding steroid dienone is 3. The van der Waals surface area contributed by atoms with Gasteiger partial charge in [-0.15, -0.1) is 0 Å². The lowest BCUT2D eigenvalue weighted by Gasteiger charge is -2.35. The van der Waals surface area contributed by atoms with E-state index in [-0.39, 0.29) is 0 Å². The third-order valence-corrected chi connectivity index (χ3v) is 6.00. The number of ether oxygens (including phenoxy) is 2. The topological polar surface area (TPSA) is 66.0 Å². The molecule has 0 saturated carbocycles. The monoisotopic (exact) mass is 462 g/mol. The van der Waals surface area contributed by atoms with Crippen LogP contribution < -0.4 is 15.1 Å². The van der Waals surface area contributed by atoms with Crippen LogP contribution in [0.5, 0.6) is 0 Å². The highest BCUT2D eigenvalue weighted by Crippen LogP contribution is 2.25. The smallest absolute Gasteiger partial charge is 0.229 e. The SMILES string of the molecule is COC1=CC=C(OC)C(Nc2cc(N(C)C)nc(N3CCN(Cc4ccccc4)CC3)n2)=CC1.